The number of rotatable bonds is 5. The van der Waals surface area contributed by atoms with Crippen LogP contribution in [0.15, 0.2) is 32.6 Å². The van der Waals surface area contributed by atoms with E-state index in [0.717, 1.165) is 20.8 Å². The molecule has 15 heteroatoms. The maximum Gasteiger partial charge on any atom is 0.139 e. The number of aromatic nitrogens is 4. The van der Waals surface area contributed by atoms with Crippen LogP contribution in [0.1, 0.15) is 143 Å². The predicted octanol–water partition coefficient (Wildman–Crippen LogP) is 11.3. The standard InChI is InChI=1S/3C8H16N2S.2C6H10N2S/c1-6(2)10-7(3)8(4)11-9(10)5;1-6(2)10-9(5)7(3)8(4)11-10;1-6(2)10-8(4)7(3)9(5)11-10;1-4(2)6-8-7-5(3)9-6;1-4(2)6-7-5(3)8-9-6/h3*6H,1-5H3;2*4H,1-3H3. The summed E-state index contributed by atoms with van der Waals surface area (Å²) in [6.45, 7) is 38.6. The molecule has 0 saturated carbocycles. The zero-order valence-electron chi connectivity index (χ0n) is 35.4. The summed E-state index contributed by atoms with van der Waals surface area (Å²) in [5.41, 5.74) is 5.49. The highest BCUT2D eigenvalue weighted by molar-refractivity contribution is 8.01. The molecule has 2 aromatic heterocycles. The van der Waals surface area contributed by atoms with Gasteiger partial charge in [0.25, 0.3) is 0 Å². The maximum absolute atomic E-state index is 4.22. The van der Waals surface area contributed by atoms with E-state index in [0.29, 0.717) is 30.0 Å². The van der Waals surface area contributed by atoms with Crippen molar-refractivity contribution in [3.63, 3.8) is 0 Å². The van der Waals surface area contributed by atoms with E-state index in [-0.39, 0.29) is 0 Å². The largest absolute Gasteiger partial charge is 0.304 e. The molecule has 0 aliphatic carbocycles. The highest BCUT2D eigenvalue weighted by Crippen LogP contribution is 2.37. The molecule has 0 saturated heterocycles. The lowest BCUT2D eigenvalue weighted by molar-refractivity contribution is 0.114. The minimum atomic E-state index is 0.524. The quantitative estimate of drug-likeness (QED) is 0.270. The molecule has 0 unspecified atom stereocenters. The van der Waals surface area contributed by atoms with Gasteiger partial charge in [-0.1, -0.05) is 27.7 Å². The van der Waals surface area contributed by atoms with Crippen molar-refractivity contribution in [2.45, 2.75) is 155 Å². The molecule has 0 radical (unpaired) electrons. The van der Waals surface area contributed by atoms with Gasteiger partial charge in [-0.05, 0) is 132 Å². The molecular formula is C36H68N10S5. The second kappa shape index (κ2) is 22.0. The Morgan fingerprint density at radius 3 is 1.31 bits per heavy atom. The van der Waals surface area contributed by atoms with Crippen molar-refractivity contribution in [2.75, 3.05) is 21.1 Å². The molecule has 3 aliphatic heterocycles. The molecule has 0 amide bonds. The molecule has 0 fully saturated rings. The van der Waals surface area contributed by atoms with Gasteiger partial charge in [0.2, 0.25) is 0 Å². The van der Waals surface area contributed by atoms with Gasteiger partial charge < -0.3 is 9.31 Å². The van der Waals surface area contributed by atoms with Crippen molar-refractivity contribution in [3.8, 4) is 0 Å². The van der Waals surface area contributed by atoms with Crippen LogP contribution in [0.4, 0.5) is 0 Å². The van der Waals surface area contributed by atoms with E-state index < -0.39 is 0 Å². The molecule has 0 N–H and O–H groups in total. The first-order valence-electron chi connectivity index (χ1n) is 17.8. The van der Waals surface area contributed by atoms with Gasteiger partial charge in [0.1, 0.15) is 20.8 Å². The van der Waals surface area contributed by atoms with Crippen molar-refractivity contribution in [2.24, 2.45) is 0 Å². The molecule has 292 valence electrons. The Balaban J connectivity index is 0.000000320. The van der Waals surface area contributed by atoms with Crippen molar-refractivity contribution < 1.29 is 0 Å². The Bertz CT molecular complexity index is 1400. The highest BCUT2D eigenvalue weighted by atomic mass is 32.2. The summed E-state index contributed by atoms with van der Waals surface area (Å²) < 4.78 is 13.1. The van der Waals surface area contributed by atoms with Crippen LogP contribution in [0.2, 0.25) is 0 Å². The number of nitrogens with zero attached hydrogens (tertiary/aromatic N) is 10. The fourth-order valence-electron chi connectivity index (χ4n) is 4.70. The van der Waals surface area contributed by atoms with Crippen molar-refractivity contribution in [1.29, 1.82) is 0 Å². The first kappa shape index (κ1) is 47.5. The minimum absolute atomic E-state index is 0.524. The number of hydrogen-bond donors (Lipinski definition) is 0. The Kier molecular flexibility index (Phi) is 20.5. The van der Waals surface area contributed by atoms with E-state index in [1.165, 1.54) is 44.1 Å². The molecule has 2 aromatic rings. The van der Waals surface area contributed by atoms with Crippen LogP contribution < -0.4 is 0 Å². The highest BCUT2D eigenvalue weighted by Gasteiger charge is 2.26. The molecule has 3 aliphatic rings. The van der Waals surface area contributed by atoms with Gasteiger partial charge in [0.15, 0.2) is 0 Å². The third kappa shape index (κ3) is 14.7. The van der Waals surface area contributed by atoms with E-state index in [2.05, 4.69) is 179 Å². The van der Waals surface area contributed by atoms with Gasteiger partial charge in [-0.25, -0.2) is 4.98 Å². The van der Waals surface area contributed by atoms with Gasteiger partial charge >= 0.3 is 0 Å². The SMILES string of the molecule is CC1=C(C)N(C(C)C)N(C)S1.CC1=C(C)N(C(C)C)SN1C.CC1=C(C)N(C)N(C(C)C)S1.Cc1nnc(C(C)C)s1.Cc1nsc(C(C)C)n1. The molecular weight excluding hydrogens is 733 g/mol. The average Bonchev–Trinajstić information content (AvgIpc) is 3.84. The molecule has 0 atom stereocenters. The third-order valence-corrected chi connectivity index (χ3v) is 14.0. The van der Waals surface area contributed by atoms with Gasteiger partial charge in [-0.2, -0.15) is 13.2 Å². The average molecular weight is 801 g/mol. The molecule has 10 nitrogen and oxygen atoms in total. The van der Waals surface area contributed by atoms with Crippen LogP contribution in [0.3, 0.4) is 0 Å². The predicted molar refractivity (Wildman–Crippen MR) is 230 cm³/mol. The minimum Gasteiger partial charge on any atom is -0.304 e. The lowest BCUT2D eigenvalue weighted by Gasteiger charge is -2.30. The topological polar surface area (TPSA) is 71.0 Å². The van der Waals surface area contributed by atoms with E-state index in [1.54, 1.807) is 35.4 Å². The Labute approximate surface area is 333 Å². The zero-order valence-corrected chi connectivity index (χ0v) is 39.5. The second-order valence-corrected chi connectivity index (χ2v) is 19.7. The lowest BCUT2D eigenvalue weighted by Crippen LogP contribution is -2.35. The van der Waals surface area contributed by atoms with E-state index >= 15 is 0 Å². The van der Waals surface area contributed by atoms with Crippen LogP contribution in [0, 0.1) is 13.8 Å². The van der Waals surface area contributed by atoms with E-state index in [4.69, 9.17) is 0 Å². The van der Waals surface area contributed by atoms with Crippen LogP contribution in [0.25, 0.3) is 0 Å². The smallest absolute Gasteiger partial charge is 0.139 e. The summed E-state index contributed by atoms with van der Waals surface area (Å²) in [5.74, 6) is 1.94. The van der Waals surface area contributed by atoms with Gasteiger partial charge in [0, 0.05) is 83.7 Å². The van der Waals surface area contributed by atoms with E-state index in [9.17, 15) is 0 Å². The lowest BCUT2D eigenvalue weighted by atomic mass is 10.2. The Morgan fingerprint density at radius 2 is 1.12 bits per heavy atom. The van der Waals surface area contributed by atoms with Crippen LogP contribution in [-0.2, 0) is 0 Å². The van der Waals surface area contributed by atoms with Crippen LogP contribution >= 0.6 is 58.9 Å². The van der Waals surface area contributed by atoms with Crippen molar-refractivity contribution in [1.82, 2.24) is 47.0 Å². The summed E-state index contributed by atoms with van der Waals surface area (Å²) >= 11 is 8.59. The van der Waals surface area contributed by atoms with Crippen LogP contribution in [0.5, 0.6) is 0 Å². The summed E-state index contributed by atoms with van der Waals surface area (Å²) in [7, 11) is 6.31. The third-order valence-electron chi connectivity index (χ3n) is 7.96. The summed E-state index contributed by atoms with van der Waals surface area (Å²) in [4.78, 5) is 7.03. The monoisotopic (exact) mass is 800 g/mol. The molecule has 0 spiro atoms. The van der Waals surface area contributed by atoms with E-state index in [1.807, 2.05) is 25.8 Å². The maximum atomic E-state index is 4.22. The Morgan fingerprint density at radius 1 is 0.569 bits per heavy atom. The summed E-state index contributed by atoms with van der Waals surface area (Å²) in [6.07, 6.45) is 0. The fourth-order valence-corrected chi connectivity index (χ4v) is 9.04. The number of allylic oxidation sites excluding steroid dienone is 6. The normalized spacial score (nSPS) is 16.8. The first-order chi connectivity index (χ1) is 23.5. The first-order valence-corrected chi connectivity index (χ1v) is 21.6. The van der Waals surface area contributed by atoms with Crippen LogP contribution in [-0.4, -0.2) is 86.3 Å². The number of aryl methyl sites for hydroxylation is 2. The number of hydrazine groups is 2. The van der Waals surface area contributed by atoms with Crippen molar-refractivity contribution >= 4 is 58.9 Å². The summed E-state index contributed by atoms with van der Waals surface area (Å²) in [6, 6.07) is 1.71. The molecule has 5 heterocycles. The molecule has 5 rings (SSSR count). The van der Waals surface area contributed by atoms with Gasteiger partial charge in [-0.15, -0.1) is 21.5 Å². The summed E-state index contributed by atoms with van der Waals surface area (Å²) in [5, 5.41) is 15.7. The van der Waals surface area contributed by atoms with Gasteiger partial charge in [0.05, 0.1) is 12.1 Å². The Hall–Kier alpha value is -1.49. The number of hydrogen-bond acceptors (Lipinski definition) is 15. The molecule has 0 bridgehead atoms. The van der Waals surface area contributed by atoms with Gasteiger partial charge in [-0.3, -0.25) is 9.31 Å². The zero-order chi connectivity index (χ0) is 39.5. The fraction of sp³-hybridized carbons (Fsp3) is 0.722. The molecule has 0 aromatic carbocycles. The second-order valence-electron chi connectivity index (χ2n) is 14.1. The van der Waals surface area contributed by atoms with Crippen molar-refractivity contribution in [3.05, 3.63) is 53.4 Å². The molecule has 51 heavy (non-hydrogen) atoms.